The van der Waals surface area contributed by atoms with Gasteiger partial charge in [-0.2, -0.15) is 0 Å². The molecule has 3 aromatic rings. The molecule has 1 heteroatoms. The van der Waals surface area contributed by atoms with Crippen molar-refractivity contribution in [2.24, 2.45) is 0 Å². The summed E-state index contributed by atoms with van der Waals surface area (Å²) in [5.74, 6) is 0.302. The second-order valence-electron chi connectivity index (χ2n) is 6.59. The summed E-state index contributed by atoms with van der Waals surface area (Å²) in [6, 6.07) is 31.4. The lowest BCUT2D eigenvalue weighted by Gasteiger charge is -2.42. The van der Waals surface area contributed by atoms with Crippen LogP contribution >= 0.6 is 0 Å². The van der Waals surface area contributed by atoms with Gasteiger partial charge in [0, 0.05) is 17.8 Å². The Balaban J connectivity index is 2.00. The zero-order chi connectivity index (χ0) is 17.1. The van der Waals surface area contributed by atoms with Crippen LogP contribution in [0.25, 0.3) is 0 Å². The normalized spacial score (nSPS) is 18.9. The molecule has 1 atom stereocenters. The first-order chi connectivity index (χ1) is 12.3. The Bertz CT molecular complexity index is 840. The van der Waals surface area contributed by atoms with Crippen molar-refractivity contribution >= 4 is 5.78 Å². The Morgan fingerprint density at radius 2 is 1.16 bits per heavy atom. The van der Waals surface area contributed by atoms with Gasteiger partial charge in [-0.05, 0) is 22.8 Å². The number of benzene rings is 3. The van der Waals surface area contributed by atoms with E-state index in [4.69, 9.17) is 0 Å². The van der Waals surface area contributed by atoms with Gasteiger partial charge in [0.05, 0.1) is 0 Å². The predicted octanol–water partition coefficient (Wildman–Crippen LogP) is 5.29. The van der Waals surface area contributed by atoms with Crippen molar-refractivity contribution in [2.75, 3.05) is 0 Å². The van der Waals surface area contributed by atoms with Gasteiger partial charge in [0.25, 0.3) is 0 Å². The Labute approximate surface area is 148 Å². The van der Waals surface area contributed by atoms with Gasteiger partial charge in [0.1, 0.15) is 0 Å². The molecule has 0 fully saturated rings. The van der Waals surface area contributed by atoms with E-state index < -0.39 is 0 Å². The second-order valence-corrected chi connectivity index (χ2v) is 6.59. The van der Waals surface area contributed by atoms with Crippen molar-refractivity contribution in [3.8, 4) is 0 Å². The van der Waals surface area contributed by atoms with Crippen LogP contribution in [-0.2, 0) is 10.2 Å². The summed E-state index contributed by atoms with van der Waals surface area (Å²) in [4.78, 5) is 12.5. The smallest absolute Gasteiger partial charge is 0.156 e. The van der Waals surface area contributed by atoms with Gasteiger partial charge in [0.15, 0.2) is 5.78 Å². The lowest BCUT2D eigenvalue weighted by atomic mass is 9.59. The summed E-state index contributed by atoms with van der Waals surface area (Å²) in [6.07, 6.45) is 4.32. The number of rotatable bonds is 3. The summed E-state index contributed by atoms with van der Waals surface area (Å²) in [5.41, 5.74) is 3.23. The molecule has 0 radical (unpaired) electrons. The molecule has 3 aromatic carbocycles. The number of allylic oxidation sites excluding steroid dienone is 2. The standard InChI is InChI=1S/C24H20O/c25-22-16-17-23(19-10-4-1-5-11-19)24(18-22,20-12-6-2-7-13-20)21-14-8-3-9-15-21/h1-17,23H,18H2. The van der Waals surface area contributed by atoms with Gasteiger partial charge in [0.2, 0.25) is 0 Å². The first kappa shape index (κ1) is 15.6. The molecule has 0 saturated heterocycles. The van der Waals surface area contributed by atoms with Gasteiger partial charge in [-0.1, -0.05) is 97.1 Å². The molecule has 0 aromatic heterocycles. The molecule has 1 nitrogen and oxygen atoms in total. The van der Waals surface area contributed by atoms with E-state index in [1.807, 2.05) is 18.2 Å². The maximum atomic E-state index is 12.5. The average Bonchev–Trinajstić information content (AvgIpc) is 2.70. The van der Waals surface area contributed by atoms with E-state index in [0.717, 1.165) is 0 Å². The van der Waals surface area contributed by atoms with Gasteiger partial charge < -0.3 is 0 Å². The van der Waals surface area contributed by atoms with Crippen LogP contribution in [0, 0.1) is 0 Å². The van der Waals surface area contributed by atoms with Crippen LogP contribution in [0.4, 0.5) is 0 Å². The van der Waals surface area contributed by atoms with Crippen LogP contribution in [0.1, 0.15) is 29.0 Å². The molecule has 0 heterocycles. The van der Waals surface area contributed by atoms with Crippen molar-refractivity contribution in [3.05, 3.63) is 120 Å². The van der Waals surface area contributed by atoms with Crippen LogP contribution in [0.5, 0.6) is 0 Å². The summed E-state index contributed by atoms with van der Waals surface area (Å²) < 4.78 is 0. The van der Waals surface area contributed by atoms with Crippen molar-refractivity contribution in [1.82, 2.24) is 0 Å². The highest BCUT2D eigenvalue weighted by molar-refractivity contribution is 5.93. The number of hydrogen-bond donors (Lipinski definition) is 0. The highest BCUT2D eigenvalue weighted by atomic mass is 16.1. The molecule has 1 unspecified atom stereocenters. The lowest BCUT2D eigenvalue weighted by Crippen LogP contribution is -2.38. The summed E-state index contributed by atoms with van der Waals surface area (Å²) in [7, 11) is 0. The zero-order valence-corrected chi connectivity index (χ0v) is 14.0. The third-order valence-electron chi connectivity index (χ3n) is 5.20. The minimum absolute atomic E-state index is 0.121. The lowest BCUT2D eigenvalue weighted by molar-refractivity contribution is -0.116. The van der Waals surface area contributed by atoms with E-state index in [-0.39, 0.29) is 17.1 Å². The topological polar surface area (TPSA) is 17.1 Å². The maximum absolute atomic E-state index is 12.5. The summed E-state index contributed by atoms with van der Waals surface area (Å²) >= 11 is 0. The fourth-order valence-corrected chi connectivity index (χ4v) is 4.07. The minimum atomic E-state index is -0.379. The second kappa shape index (κ2) is 6.52. The van der Waals surface area contributed by atoms with E-state index in [9.17, 15) is 4.79 Å². The van der Waals surface area contributed by atoms with Crippen LogP contribution in [0.2, 0.25) is 0 Å². The fraction of sp³-hybridized carbons (Fsp3) is 0.125. The quantitative estimate of drug-likeness (QED) is 0.640. The van der Waals surface area contributed by atoms with Crippen LogP contribution in [-0.4, -0.2) is 5.78 Å². The largest absolute Gasteiger partial charge is 0.295 e. The third kappa shape index (κ3) is 2.72. The molecular formula is C24H20O. The Morgan fingerprint density at radius 1 is 0.680 bits per heavy atom. The Morgan fingerprint density at radius 3 is 1.68 bits per heavy atom. The Kier molecular flexibility index (Phi) is 4.07. The molecule has 0 spiro atoms. The van der Waals surface area contributed by atoms with E-state index in [0.29, 0.717) is 6.42 Å². The fourth-order valence-electron chi connectivity index (χ4n) is 4.07. The van der Waals surface area contributed by atoms with Gasteiger partial charge in [-0.25, -0.2) is 0 Å². The Hall–Kier alpha value is -2.93. The van der Waals surface area contributed by atoms with Crippen molar-refractivity contribution in [2.45, 2.75) is 17.8 Å². The molecule has 4 rings (SSSR count). The van der Waals surface area contributed by atoms with Crippen LogP contribution in [0.15, 0.2) is 103 Å². The van der Waals surface area contributed by atoms with Crippen molar-refractivity contribution in [1.29, 1.82) is 0 Å². The molecule has 1 aliphatic carbocycles. The molecule has 0 bridgehead atoms. The maximum Gasteiger partial charge on any atom is 0.156 e. The number of hydrogen-bond acceptors (Lipinski definition) is 1. The van der Waals surface area contributed by atoms with E-state index in [1.54, 1.807) is 6.08 Å². The summed E-state index contributed by atoms with van der Waals surface area (Å²) in [6.45, 7) is 0. The highest BCUT2D eigenvalue weighted by Crippen LogP contribution is 2.50. The van der Waals surface area contributed by atoms with Crippen molar-refractivity contribution in [3.63, 3.8) is 0 Å². The highest BCUT2D eigenvalue weighted by Gasteiger charge is 2.44. The molecular weight excluding hydrogens is 304 g/mol. The molecule has 122 valence electrons. The van der Waals surface area contributed by atoms with E-state index >= 15 is 0 Å². The van der Waals surface area contributed by atoms with Gasteiger partial charge >= 0.3 is 0 Å². The van der Waals surface area contributed by atoms with Crippen molar-refractivity contribution < 1.29 is 4.79 Å². The monoisotopic (exact) mass is 324 g/mol. The predicted molar refractivity (Wildman–Crippen MR) is 102 cm³/mol. The zero-order valence-electron chi connectivity index (χ0n) is 14.0. The first-order valence-corrected chi connectivity index (χ1v) is 8.68. The van der Waals surface area contributed by atoms with Gasteiger partial charge in [-0.15, -0.1) is 0 Å². The van der Waals surface area contributed by atoms with Crippen LogP contribution in [0.3, 0.4) is 0 Å². The van der Waals surface area contributed by atoms with E-state index in [1.165, 1.54) is 16.7 Å². The number of ketones is 1. The molecule has 0 amide bonds. The molecule has 0 N–H and O–H groups in total. The molecule has 25 heavy (non-hydrogen) atoms. The molecule has 0 saturated carbocycles. The SMILES string of the molecule is O=C1C=CC(c2ccccc2)C(c2ccccc2)(c2ccccc2)C1. The first-order valence-electron chi connectivity index (χ1n) is 8.68. The average molecular weight is 324 g/mol. The number of carbonyl (C=O) groups is 1. The molecule has 0 aliphatic heterocycles. The minimum Gasteiger partial charge on any atom is -0.295 e. The van der Waals surface area contributed by atoms with Gasteiger partial charge in [-0.3, -0.25) is 4.79 Å². The third-order valence-corrected chi connectivity index (χ3v) is 5.20. The van der Waals surface area contributed by atoms with Crippen LogP contribution < -0.4 is 0 Å². The van der Waals surface area contributed by atoms with E-state index in [2.05, 4.69) is 78.9 Å². The summed E-state index contributed by atoms with van der Waals surface area (Å²) in [5, 5.41) is 0. The molecule has 1 aliphatic rings. The number of carbonyl (C=O) groups excluding carboxylic acids is 1.